The molecular formula is C24H27NO. The summed E-state index contributed by atoms with van der Waals surface area (Å²) in [5.74, 6) is 1.36. The number of benzene rings is 2. The quantitative estimate of drug-likeness (QED) is 0.798. The van der Waals surface area contributed by atoms with Crippen molar-refractivity contribution in [1.82, 2.24) is 4.90 Å². The van der Waals surface area contributed by atoms with Crippen molar-refractivity contribution >= 4 is 5.78 Å². The first-order valence-corrected chi connectivity index (χ1v) is 10.1. The second-order valence-corrected chi connectivity index (χ2v) is 8.53. The SMILES string of the molecule is O=C1CC2(N3CCCC3)C[C@H](c3ccccc3)C1[C@H](c1ccccc1)C2. The lowest BCUT2D eigenvalue weighted by molar-refractivity contribution is -0.139. The first kappa shape index (κ1) is 16.3. The maximum Gasteiger partial charge on any atom is 0.139 e. The van der Waals surface area contributed by atoms with Crippen molar-refractivity contribution < 1.29 is 4.79 Å². The number of likely N-dealkylation sites (tertiary alicyclic amines) is 1. The van der Waals surface area contributed by atoms with Crippen molar-refractivity contribution in [3.8, 4) is 0 Å². The van der Waals surface area contributed by atoms with Gasteiger partial charge < -0.3 is 0 Å². The number of nitrogens with zero attached hydrogens (tertiary/aromatic N) is 1. The summed E-state index contributed by atoms with van der Waals surface area (Å²) in [5, 5.41) is 0. The average Bonchev–Trinajstić information content (AvgIpc) is 3.25. The largest absolute Gasteiger partial charge is 0.299 e. The van der Waals surface area contributed by atoms with E-state index in [2.05, 4.69) is 65.6 Å². The summed E-state index contributed by atoms with van der Waals surface area (Å²) in [6, 6.07) is 21.6. The highest BCUT2D eigenvalue weighted by Gasteiger charge is 2.57. The van der Waals surface area contributed by atoms with Gasteiger partial charge in [-0.15, -0.1) is 0 Å². The molecule has 0 spiro atoms. The molecule has 1 heterocycles. The van der Waals surface area contributed by atoms with Gasteiger partial charge in [-0.1, -0.05) is 60.7 Å². The smallest absolute Gasteiger partial charge is 0.139 e. The Morgan fingerprint density at radius 2 is 1.27 bits per heavy atom. The van der Waals surface area contributed by atoms with Crippen LogP contribution in [0.25, 0.3) is 0 Å². The molecule has 1 saturated heterocycles. The number of Topliss-reactive ketones (excluding diaryl/α,β-unsaturated/α-hetero) is 1. The Morgan fingerprint density at radius 1 is 0.769 bits per heavy atom. The predicted molar refractivity (Wildman–Crippen MR) is 104 cm³/mol. The van der Waals surface area contributed by atoms with Crippen molar-refractivity contribution in [3.05, 3.63) is 71.8 Å². The van der Waals surface area contributed by atoms with E-state index in [0.29, 0.717) is 17.6 Å². The van der Waals surface area contributed by atoms with Gasteiger partial charge in [0.15, 0.2) is 0 Å². The molecule has 2 bridgehead atoms. The van der Waals surface area contributed by atoms with Crippen LogP contribution in [-0.4, -0.2) is 29.3 Å². The monoisotopic (exact) mass is 345 g/mol. The van der Waals surface area contributed by atoms with Crippen LogP contribution < -0.4 is 0 Å². The fourth-order valence-electron chi connectivity index (χ4n) is 6.08. The predicted octanol–water partition coefficient (Wildman–Crippen LogP) is 4.77. The zero-order valence-electron chi connectivity index (χ0n) is 15.3. The van der Waals surface area contributed by atoms with Gasteiger partial charge in [0, 0.05) is 17.9 Å². The van der Waals surface area contributed by atoms with Crippen LogP contribution in [0, 0.1) is 5.92 Å². The molecule has 134 valence electrons. The first-order valence-electron chi connectivity index (χ1n) is 10.1. The lowest BCUT2D eigenvalue weighted by Crippen LogP contribution is -2.60. The molecule has 0 N–H and O–H groups in total. The molecule has 3 aliphatic carbocycles. The maximum absolute atomic E-state index is 13.4. The van der Waals surface area contributed by atoms with E-state index in [9.17, 15) is 4.79 Å². The molecule has 2 heteroatoms. The van der Waals surface area contributed by atoms with Crippen molar-refractivity contribution in [3.63, 3.8) is 0 Å². The lowest BCUT2D eigenvalue weighted by atomic mass is 9.52. The molecule has 3 saturated carbocycles. The van der Waals surface area contributed by atoms with Gasteiger partial charge in [0.1, 0.15) is 5.78 Å². The first-order chi connectivity index (χ1) is 12.8. The zero-order valence-corrected chi connectivity index (χ0v) is 15.3. The van der Waals surface area contributed by atoms with Gasteiger partial charge in [-0.2, -0.15) is 0 Å². The number of rotatable bonds is 3. The summed E-state index contributed by atoms with van der Waals surface area (Å²) in [6.07, 6.45) is 5.63. The van der Waals surface area contributed by atoms with Gasteiger partial charge in [-0.25, -0.2) is 0 Å². The van der Waals surface area contributed by atoms with Gasteiger partial charge >= 0.3 is 0 Å². The highest BCUT2D eigenvalue weighted by atomic mass is 16.1. The molecule has 2 nitrogen and oxygen atoms in total. The molecule has 2 aromatic rings. The van der Waals surface area contributed by atoms with E-state index in [1.54, 1.807) is 0 Å². The highest BCUT2D eigenvalue weighted by molar-refractivity contribution is 5.86. The average molecular weight is 345 g/mol. The molecule has 2 aromatic carbocycles. The molecule has 0 radical (unpaired) electrons. The fraction of sp³-hybridized carbons (Fsp3) is 0.458. The number of hydrogen-bond acceptors (Lipinski definition) is 2. The Balaban J connectivity index is 1.60. The van der Waals surface area contributed by atoms with Gasteiger partial charge in [-0.3, -0.25) is 9.69 Å². The van der Waals surface area contributed by atoms with E-state index >= 15 is 0 Å². The molecule has 4 fully saturated rings. The van der Waals surface area contributed by atoms with Crippen LogP contribution in [0.5, 0.6) is 0 Å². The van der Waals surface area contributed by atoms with Gasteiger partial charge in [0.25, 0.3) is 0 Å². The Bertz CT molecular complexity index is 729. The number of carbonyl (C=O) groups is 1. The highest BCUT2D eigenvalue weighted by Crippen LogP contribution is 2.58. The van der Waals surface area contributed by atoms with E-state index in [-0.39, 0.29) is 11.5 Å². The lowest BCUT2D eigenvalue weighted by Gasteiger charge is -2.57. The molecule has 0 aromatic heterocycles. The van der Waals surface area contributed by atoms with E-state index in [0.717, 1.165) is 19.3 Å². The Hall–Kier alpha value is -1.93. The number of carbonyl (C=O) groups excluding carboxylic acids is 1. The molecule has 4 atom stereocenters. The second-order valence-electron chi connectivity index (χ2n) is 8.53. The van der Waals surface area contributed by atoms with Crippen molar-refractivity contribution in [1.29, 1.82) is 0 Å². The summed E-state index contributed by atoms with van der Waals surface area (Å²) in [7, 11) is 0. The third-order valence-electron chi connectivity index (χ3n) is 7.17. The minimum atomic E-state index is 0.0728. The molecular weight excluding hydrogens is 318 g/mol. The summed E-state index contributed by atoms with van der Waals surface area (Å²) in [5.41, 5.74) is 2.79. The van der Waals surface area contributed by atoms with Gasteiger partial charge in [0.05, 0.1) is 0 Å². The molecule has 4 aliphatic rings. The number of fused-ring (bicyclic) bond motifs is 3. The summed E-state index contributed by atoms with van der Waals surface area (Å²) >= 11 is 0. The van der Waals surface area contributed by atoms with Gasteiger partial charge in [-0.05, 0) is 61.7 Å². The molecule has 6 rings (SSSR count). The fourth-order valence-corrected chi connectivity index (χ4v) is 6.08. The standard InChI is InChI=1S/C24H27NO/c26-22-17-24(25-13-7-8-14-25)15-20(18-9-3-1-4-10-18)23(22)21(16-24)19-11-5-2-6-12-19/h1-6,9-12,20-21,23H,7-8,13-17H2/t20-,21+,23?,24?. The van der Waals surface area contributed by atoms with E-state index < -0.39 is 0 Å². The summed E-state index contributed by atoms with van der Waals surface area (Å²) < 4.78 is 0. The topological polar surface area (TPSA) is 20.3 Å². The van der Waals surface area contributed by atoms with Crippen molar-refractivity contribution in [2.45, 2.75) is 49.5 Å². The van der Waals surface area contributed by atoms with Crippen molar-refractivity contribution in [2.75, 3.05) is 13.1 Å². The van der Waals surface area contributed by atoms with Crippen LogP contribution in [0.2, 0.25) is 0 Å². The summed E-state index contributed by atoms with van der Waals surface area (Å²) in [6.45, 7) is 2.34. The van der Waals surface area contributed by atoms with Gasteiger partial charge in [0.2, 0.25) is 0 Å². The van der Waals surface area contributed by atoms with Crippen molar-refractivity contribution in [2.24, 2.45) is 5.92 Å². The maximum atomic E-state index is 13.4. The third-order valence-corrected chi connectivity index (χ3v) is 7.17. The van der Waals surface area contributed by atoms with E-state index in [1.807, 2.05) is 0 Å². The Kier molecular flexibility index (Phi) is 3.97. The van der Waals surface area contributed by atoms with Crippen LogP contribution in [0.4, 0.5) is 0 Å². The van der Waals surface area contributed by atoms with Crippen LogP contribution in [0.15, 0.2) is 60.7 Å². The number of ketones is 1. The minimum absolute atomic E-state index is 0.0728. The third kappa shape index (κ3) is 2.54. The minimum Gasteiger partial charge on any atom is -0.299 e. The van der Waals surface area contributed by atoms with E-state index in [4.69, 9.17) is 0 Å². The number of hydrogen-bond donors (Lipinski definition) is 0. The summed E-state index contributed by atoms with van der Waals surface area (Å²) in [4.78, 5) is 16.0. The van der Waals surface area contributed by atoms with Crippen LogP contribution in [-0.2, 0) is 4.79 Å². The van der Waals surface area contributed by atoms with Crippen LogP contribution >= 0.6 is 0 Å². The Labute approximate surface area is 156 Å². The zero-order chi connectivity index (χ0) is 17.6. The normalized spacial score (nSPS) is 34.3. The van der Waals surface area contributed by atoms with Crippen LogP contribution in [0.3, 0.4) is 0 Å². The molecule has 2 unspecified atom stereocenters. The molecule has 0 amide bonds. The molecule has 26 heavy (non-hydrogen) atoms. The van der Waals surface area contributed by atoms with Crippen LogP contribution in [0.1, 0.15) is 55.1 Å². The molecule has 1 aliphatic heterocycles. The van der Waals surface area contributed by atoms with E-state index in [1.165, 1.54) is 37.1 Å². The second kappa shape index (κ2) is 6.35. The Morgan fingerprint density at radius 3 is 1.77 bits per heavy atom.